The molecule has 1 aromatic heterocycles. The molecule has 0 radical (unpaired) electrons. The number of rotatable bonds is 7. The number of aliphatic hydroxyl groups is 1. The van der Waals surface area contributed by atoms with Crippen molar-refractivity contribution in [2.75, 3.05) is 11.4 Å². The highest BCUT2D eigenvalue weighted by Gasteiger charge is 2.50. The van der Waals surface area contributed by atoms with Crippen molar-refractivity contribution >= 4 is 34.6 Å². The number of amides is 1. The molecule has 166 valence electrons. The van der Waals surface area contributed by atoms with Crippen molar-refractivity contribution in [3.05, 3.63) is 100 Å². The summed E-state index contributed by atoms with van der Waals surface area (Å²) in [5.41, 5.74) is 3.30. The fraction of sp³-hybridized carbons (Fsp3) is 0.222. The molecular weight excluding hydrogens is 436 g/mol. The summed E-state index contributed by atoms with van der Waals surface area (Å²) in [6.07, 6.45) is 7.34. The van der Waals surface area contributed by atoms with E-state index in [4.69, 9.17) is 11.6 Å². The molecule has 1 aliphatic carbocycles. The van der Waals surface area contributed by atoms with Crippen molar-refractivity contribution in [1.29, 1.82) is 0 Å². The molecule has 5 rings (SSSR count). The van der Waals surface area contributed by atoms with E-state index >= 15 is 0 Å². The van der Waals surface area contributed by atoms with Crippen molar-refractivity contribution in [3.63, 3.8) is 0 Å². The van der Waals surface area contributed by atoms with Crippen LogP contribution in [-0.4, -0.2) is 28.3 Å². The number of hydrogen-bond donors (Lipinski definition) is 1. The van der Waals surface area contributed by atoms with E-state index in [1.165, 1.54) is 22.9 Å². The van der Waals surface area contributed by atoms with Crippen LogP contribution < -0.4 is 4.90 Å². The van der Waals surface area contributed by atoms with Crippen LogP contribution in [0.25, 0.3) is 5.57 Å². The molecule has 1 atom stereocenters. The topological polar surface area (TPSA) is 70.5 Å². The van der Waals surface area contributed by atoms with E-state index in [1.54, 1.807) is 35.4 Å². The lowest BCUT2D eigenvalue weighted by Gasteiger charge is -2.23. The summed E-state index contributed by atoms with van der Waals surface area (Å²) in [4.78, 5) is 31.8. The zero-order chi connectivity index (χ0) is 23.0. The minimum absolute atomic E-state index is 0.317. The maximum absolute atomic E-state index is 13.4. The number of allylic oxidation sites excluding steroid dienone is 2. The van der Waals surface area contributed by atoms with Gasteiger partial charge in [-0.05, 0) is 66.3 Å². The van der Waals surface area contributed by atoms with Gasteiger partial charge in [0.2, 0.25) is 0 Å². The third-order valence-electron chi connectivity index (χ3n) is 6.45. The molecule has 0 saturated heterocycles. The molecule has 33 heavy (non-hydrogen) atoms. The summed E-state index contributed by atoms with van der Waals surface area (Å²) < 4.78 is 0. The van der Waals surface area contributed by atoms with E-state index in [1.807, 2.05) is 24.3 Å². The van der Waals surface area contributed by atoms with Crippen LogP contribution in [0.4, 0.5) is 5.69 Å². The first kappa shape index (κ1) is 21.6. The monoisotopic (exact) mass is 458 g/mol. The third kappa shape index (κ3) is 3.88. The van der Waals surface area contributed by atoms with Crippen molar-refractivity contribution < 1.29 is 14.7 Å². The Hall–Kier alpha value is -3.28. The zero-order valence-electron chi connectivity index (χ0n) is 18.0. The van der Waals surface area contributed by atoms with Gasteiger partial charge in [-0.1, -0.05) is 41.9 Å². The first-order valence-corrected chi connectivity index (χ1v) is 11.4. The second-order valence-electron chi connectivity index (χ2n) is 8.51. The number of aromatic nitrogens is 1. The lowest BCUT2D eigenvalue weighted by molar-refractivity contribution is -0.135. The number of benzene rings is 2. The van der Waals surface area contributed by atoms with Crippen molar-refractivity contribution in [1.82, 2.24) is 4.98 Å². The van der Waals surface area contributed by atoms with Crippen LogP contribution in [0.15, 0.2) is 73.1 Å². The van der Waals surface area contributed by atoms with Crippen molar-refractivity contribution in [2.45, 2.75) is 31.3 Å². The number of ketones is 1. The second kappa shape index (κ2) is 8.58. The van der Waals surface area contributed by atoms with Gasteiger partial charge in [0, 0.05) is 35.1 Å². The van der Waals surface area contributed by atoms with Crippen LogP contribution in [0.5, 0.6) is 0 Å². The molecule has 1 amide bonds. The first-order valence-electron chi connectivity index (χ1n) is 11.0. The summed E-state index contributed by atoms with van der Waals surface area (Å²) >= 11 is 6.18. The maximum atomic E-state index is 13.4. The van der Waals surface area contributed by atoms with E-state index in [9.17, 15) is 14.7 Å². The number of pyridine rings is 1. The number of fused-ring (bicyclic) bond motifs is 2. The Balaban J connectivity index is 1.33. The molecule has 0 spiro atoms. The Morgan fingerprint density at radius 3 is 2.82 bits per heavy atom. The molecule has 0 bridgehead atoms. The lowest BCUT2D eigenvalue weighted by Crippen LogP contribution is -2.42. The predicted octanol–water partition coefficient (Wildman–Crippen LogP) is 4.96. The van der Waals surface area contributed by atoms with Crippen LogP contribution in [0, 0.1) is 0 Å². The molecule has 0 saturated carbocycles. The van der Waals surface area contributed by atoms with Crippen molar-refractivity contribution in [2.24, 2.45) is 0 Å². The predicted molar refractivity (Wildman–Crippen MR) is 128 cm³/mol. The average Bonchev–Trinajstić information content (AvgIpc) is 3.32. The molecule has 5 nitrogen and oxygen atoms in total. The van der Waals surface area contributed by atoms with Gasteiger partial charge >= 0.3 is 0 Å². The van der Waals surface area contributed by atoms with Crippen LogP contribution >= 0.6 is 11.6 Å². The minimum Gasteiger partial charge on any atom is -0.375 e. The fourth-order valence-electron chi connectivity index (χ4n) is 4.79. The quantitative estimate of drug-likeness (QED) is 0.508. The third-order valence-corrected chi connectivity index (χ3v) is 6.69. The van der Waals surface area contributed by atoms with E-state index in [0.717, 1.165) is 19.3 Å². The number of carbonyl (C=O) groups excluding carboxylic acids is 2. The normalized spacial score (nSPS) is 18.8. The molecule has 0 unspecified atom stereocenters. The summed E-state index contributed by atoms with van der Waals surface area (Å²) in [6.45, 7) is 0.451. The molecular formula is C27H23ClN2O3. The Labute approximate surface area is 197 Å². The van der Waals surface area contributed by atoms with Gasteiger partial charge in [-0.2, -0.15) is 0 Å². The number of carbonyl (C=O) groups is 2. The highest BCUT2D eigenvalue weighted by atomic mass is 35.5. The summed E-state index contributed by atoms with van der Waals surface area (Å²) in [5.74, 6) is -0.773. The number of Topliss-reactive ketones (excluding diaryl/α,β-unsaturated/α-hetero) is 1. The molecule has 1 aliphatic heterocycles. The SMILES string of the molecule is O=C(C[C@]1(O)C(=O)N(CCCC2=CCc3ccc(Cl)cc32)c2ccccc21)c1cccnc1. The van der Waals surface area contributed by atoms with E-state index in [2.05, 4.69) is 17.1 Å². The van der Waals surface area contributed by atoms with E-state index in [-0.39, 0.29) is 12.2 Å². The average molecular weight is 459 g/mol. The van der Waals surface area contributed by atoms with Crippen LogP contribution in [-0.2, 0) is 16.8 Å². The van der Waals surface area contributed by atoms with Gasteiger partial charge < -0.3 is 10.0 Å². The Kier molecular flexibility index (Phi) is 5.60. The van der Waals surface area contributed by atoms with E-state index in [0.29, 0.717) is 28.4 Å². The van der Waals surface area contributed by atoms with Gasteiger partial charge in [0.25, 0.3) is 5.91 Å². The van der Waals surface area contributed by atoms with Crippen LogP contribution in [0.1, 0.15) is 46.3 Å². The van der Waals surface area contributed by atoms with Crippen LogP contribution in [0.2, 0.25) is 5.02 Å². The molecule has 2 aromatic carbocycles. The lowest BCUT2D eigenvalue weighted by atomic mass is 9.88. The Morgan fingerprint density at radius 2 is 2.00 bits per heavy atom. The van der Waals surface area contributed by atoms with Gasteiger partial charge in [-0.15, -0.1) is 0 Å². The number of nitrogens with zero attached hydrogens (tertiary/aromatic N) is 2. The second-order valence-corrected chi connectivity index (χ2v) is 8.95. The Morgan fingerprint density at radius 1 is 1.15 bits per heavy atom. The number of hydrogen-bond acceptors (Lipinski definition) is 4. The summed E-state index contributed by atoms with van der Waals surface area (Å²) in [5, 5.41) is 12.1. The first-order chi connectivity index (χ1) is 16.0. The van der Waals surface area contributed by atoms with Gasteiger partial charge in [0.05, 0.1) is 12.1 Å². The number of para-hydroxylation sites is 1. The highest BCUT2D eigenvalue weighted by Crippen LogP contribution is 2.43. The van der Waals surface area contributed by atoms with E-state index < -0.39 is 11.5 Å². The minimum atomic E-state index is -1.88. The molecule has 1 N–H and O–H groups in total. The van der Waals surface area contributed by atoms with Gasteiger partial charge in [-0.3, -0.25) is 14.6 Å². The number of halogens is 1. The molecule has 2 aliphatic rings. The summed E-state index contributed by atoms with van der Waals surface area (Å²) in [7, 11) is 0. The van der Waals surface area contributed by atoms with Gasteiger partial charge in [0.15, 0.2) is 11.4 Å². The molecule has 3 aromatic rings. The van der Waals surface area contributed by atoms with Crippen LogP contribution in [0.3, 0.4) is 0 Å². The van der Waals surface area contributed by atoms with Gasteiger partial charge in [-0.25, -0.2) is 0 Å². The molecule has 2 heterocycles. The maximum Gasteiger partial charge on any atom is 0.264 e. The molecule has 0 fully saturated rings. The number of anilines is 1. The van der Waals surface area contributed by atoms with Gasteiger partial charge in [0.1, 0.15) is 0 Å². The largest absolute Gasteiger partial charge is 0.375 e. The standard InChI is InChI=1S/C27H23ClN2O3/c28-21-12-11-19-10-9-18(22(19)15-21)6-4-14-30-24-8-2-1-7-23(24)27(33,26(30)32)16-25(31)20-5-3-13-29-17-20/h1-3,5,7-9,11-13,15,17,33H,4,6,10,14,16H2/t27-/m1/s1. The Bertz CT molecular complexity index is 1270. The fourth-order valence-corrected chi connectivity index (χ4v) is 4.97. The highest BCUT2D eigenvalue weighted by molar-refractivity contribution is 6.30. The van der Waals surface area contributed by atoms with Crippen molar-refractivity contribution in [3.8, 4) is 0 Å². The zero-order valence-corrected chi connectivity index (χ0v) is 18.8. The summed E-state index contributed by atoms with van der Waals surface area (Å²) in [6, 6.07) is 16.4. The molecule has 6 heteroatoms. The smallest absolute Gasteiger partial charge is 0.264 e.